The van der Waals surface area contributed by atoms with Gasteiger partial charge in [0.25, 0.3) is 5.95 Å². The van der Waals surface area contributed by atoms with Crippen molar-refractivity contribution in [3.05, 3.63) is 60.3 Å². The Hall–Kier alpha value is -3.74. The molecule has 0 aliphatic heterocycles. The molecule has 5 aromatic rings. The smallest absolute Gasteiger partial charge is 0.265 e. The predicted molar refractivity (Wildman–Crippen MR) is 108 cm³/mol. The second kappa shape index (κ2) is 6.21. The molecule has 5 rings (SSSR count). The third-order valence-electron chi connectivity index (χ3n) is 4.68. The van der Waals surface area contributed by atoms with E-state index in [0.717, 1.165) is 45.1 Å². The van der Waals surface area contributed by atoms with E-state index in [1.165, 1.54) is 0 Å². The summed E-state index contributed by atoms with van der Waals surface area (Å²) in [6.45, 7) is 2.90. The van der Waals surface area contributed by atoms with Crippen LogP contribution < -0.4 is 5.43 Å². The number of nitrogens with zero attached hydrogens (tertiary/aromatic N) is 5. The maximum Gasteiger partial charge on any atom is 0.265 e. The largest absolute Gasteiger partial charge is 0.361 e. The second-order valence-corrected chi connectivity index (χ2v) is 6.23. The molecule has 3 aromatic heterocycles. The van der Waals surface area contributed by atoms with E-state index < -0.39 is 0 Å². The van der Waals surface area contributed by atoms with Crippen LogP contribution in [-0.2, 0) is 6.54 Å². The Morgan fingerprint density at radius 3 is 2.78 bits per heavy atom. The molecule has 0 saturated carbocycles. The van der Waals surface area contributed by atoms with Crippen LogP contribution in [0.2, 0.25) is 0 Å². The highest BCUT2D eigenvalue weighted by Gasteiger charge is 2.13. The van der Waals surface area contributed by atoms with E-state index in [1.807, 2.05) is 42.6 Å². The third kappa shape index (κ3) is 2.52. The number of H-pyrrole nitrogens is 1. The zero-order chi connectivity index (χ0) is 18.2. The number of para-hydroxylation sites is 2. The van der Waals surface area contributed by atoms with Gasteiger partial charge in [0.2, 0.25) is 0 Å². The summed E-state index contributed by atoms with van der Waals surface area (Å²) in [5.41, 5.74) is 7.68. The van der Waals surface area contributed by atoms with Crippen molar-refractivity contribution in [1.82, 2.24) is 24.7 Å². The fourth-order valence-electron chi connectivity index (χ4n) is 3.43. The number of aryl methyl sites for hydroxylation is 1. The molecule has 0 spiro atoms. The molecule has 2 N–H and O–H groups in total. The summed E-state index contributed by atoms with van der Waals surface area (Å²) in [6, 6.07) is 16.2. The molecule has 0 amide bonds. The van der Waals surface area contributed by atoms with E-state index in [4.69, 9.17) is 0 Å². The maximum atomic E-state index is 4.62. The summed E-state index contributed by atoms with van der Waals surface area (Å²) in [5.74, 6) is 0.371. The van der Waals surface area contributed by atoms with E-state index in [2.05, 4.69) is 54.3 Å². The van der Waals surface area contributed by atoms with Gasteiger partial charge in [0, 0.05) is 34.6 Å². The van der Waals surface area contributed by atoms with Crippen LogP contribution in [0.5, 0.6) is 0 Å². The van der Waals surface area contributed by atoms with Crippen molar-refractivity contribution in [2.24, 2.45) is 5.10 Å². The van der Waals surface area contributed by atoms with Gasteiger partial charge in [0.1, 0.15) is 5.52 Å². The summed E-state index contributed by atoms with van der Waals surface area (Å²) in [5, 5.41) is 15.0. The minimum absolute atomic E-state index is 0.371. The van der Waals surface area contributed by atoms with Gasteiger partial charge in [-0.3, -0.25) is 0 Å². The van der Waals surface area contributed by atoms with Gasteiger partial charge >= 0.3 is 0 Å². The number of aromatic amines is 1. The Labute approximate surface area is 154 Å². The standard InChI is InChI=1S/C20H17N7/c1-2-27-17-10-6-4-8-15(17)18-19(27)23-20(26-24-18)25-22-12-13-11-21-16-9-5-3-7-14(13)16/h3-12,21H,2H2,1H3,(H,23,25,26)/b22-12+. The van der Waals surface area contributed by atoms with E-state index in [9.17, 15) is 0 Å². The first-order chi connectivity index (χ1) is 13.3. The van der Waals surface area contributed by atoms with Gasteiger partial charge in [-0.25, -0.2) is 5.43 Å². The molecule has 7 heteroatoms. The zero-order valence-electron chi connectivity index (χ0n) is 14.7. The molecule has 0 unspecified atom stereocenters. The van der Waals surface area contributed by atoms with Crippen molar-refractivity contribution in [1.29, 1.82) is 0 Å². The van der Waals surface area contributed by atoms with Crippen LogP contribution in [0.4, 0.5) is 5.95 Å². The van der Waals surface area contributed by atoms with Gasteiger partial charge in [-0.2, -0.15) is 10.1 Å². The van der Waals surface area contributed by atoms with Gasteiger partial charge in [-0.1, -0.05) is 36.4 Å². The Balaban J connectivity index is 1.49. The fourth-order valence-corrected chi connectivity index (χ4v) is 3.43. The Bertz CT molecular complexity index is 1300. The van der Waals surface area contributed by atoms with Crippen molar-refractivity contribution < 1.29 is 0 Å². The van der Waals surface area contributed by atoms with Crippen LogP contribution in [0.1, 0.15) is 12.5 Å². The number of rotatable bonds is 4. The summed E-state index contributed by atoms with van der Waals surface area (Å²) < 4.78 is 2.13. The summed E-state index contributed by atoms with van der Waals surface area (Å²) >= 11 is 0. The fraction of sp³-hybridized carbons (Fsp3) is 0.100. The Kier molecular flexibility index (Phi) is 3.57. The summed E-state index contributed by atoms with van der Waals surface area (Å²) in [6.07, 6.45) is 3.68. The van der Waals surface area contributed by atoms with Gasteiger partial charge in [-0.15, -0.1) is 10.2 Å². The Morgan fingerprint density at radius 2 is 1.89 bits per heavy atom. The van der Waals surface area contributed by atoms with Crippen molar-refractivity contribution in [2.45, 2.75) is 13.5 Å². The van der Waals surface area contributed by atoms with E-state index in [1.54, 1.807) is 6.21 Å². The lowest BCUT2D eigenvalue weighted by atomic mass is 10.2. The van der Waals surface area contributed by atoms with Crippen molar-refractivity contribution >= 4 is 45.1 Å². The number of aromatic nitrogens is 5. The van der Waals surface area contributed by atoms with Crippen molar-refractivity contribution in [2.75, 3.05) is 5.43 Å². The van der Waals surface area contributed by atoms with Crippen LogP contribution in [0, 0.1) is 0 Å². The van der Waals surface area contributed by atoms with Crippen LogP contribution in [0.15, 0.2) is 59.8 Å². The highest BCUT2D eigenvalue weighted by molar-refractivity contribution is 6.04. The molecule has 0 aliphatic rings. The second-order valence-electron chi connectivity index (χ2n) is 6.23. The first-order valence-electron chi connectivity index (χ1n) is 8.82. The molecule has 132 valence electrons. The number of nitrogens with one attached hydrogen (secondary N) is 2. The van der Waals surface area contributed by atoms with Gasteiger partial charge in [0.15, 0.2) is 5.65 Å². The average Bonchev–Trinajstić information content (AvgIpc) is 3.26. The predicted octanol–water partition coefficient (Wildman–Crippen LogP) is 3.93. The maximum absolute atomic E-state index is 4.62. The molecule has 0 aliphatic carbocycles. The van der Waals surface area contributed by atoms with Crippen molar-refractivity contribution in [3.8, 4) is 0 Å². The van der Waals surface area contributed by atoms with Crippen LogP contribution in [-0.4, -0.2) is 30.9 Å². The molecule has 7 nitrogen and oxygen atoms in total. The topological polar surface area (TPSA) is 83.8 Å². The molecule has 0 fully saturated rings. The number of fused-ring (bicyclic) bond motifs is 4. The van der Waals surface area contributed by atoms with Gasteiger partial charge < -0.3 is 9.55 Å². The van der Waals surface area contributed by atoms with Crippen molar-refractivity contribution in [3.63, 3.8) is 0 Å². The van der Waals surface area contributed by atoms with Crippen LogP contribution in [0.3, 0.4) is 0 Å². The molecule has 3 heterocycles. The number of hydrazone groups is 1. The quantitative estimate of drug-likeness (QED) is 0.378. The normalized spacial score (nSPS) is 11.9. The lowest BCUT2D eigenvalue weighted by Gasteiger charge is -2.02. The van der Waals surface area contributed by atoms with Crippen LogP contribution >= 0.6 is 0 Å². The number of anilines is 1. The first-order valence-corrected chi connectivity index (χ1v) is 8.82. The highest BCUT2D eigenvalue weighted by atomic mass is 15.4. The summed E-state index contributed by atoms with van der Waals surface area (Å²) in [4.78, 5) is 7.85. The molecule has 0 atom stereocenters. The monoisotopic (exact) mass is 355 g/mol. The lowest BCUT2D eigenvalue weighted by Crippen LogP contribution is -2.02. The van der Waals surface area contributed by atoms with E-state index in [-0.39, 0.29) is 0 Å². The summed E-state index contributed by atoms with van der Waals surface area (Å²) in [7, 11) is 0. The minimum atomic E-state index is 0.371. The molecule has 0 saturated heterocycles. The van der Waals surface area contributed by atoms with E-state index in [0.29, 0.717) is 5.95 Å². The average molecular weight is 355 g/mol. The van der Waals surface area contributed by atoms with Gasteiger partial charge in [-0.05, 0) is 19.1 Å². The molecular formula is C20H17N7. The molecule has 0 radical (unpaired) electrons. The zero-order valence-corrected chi connectivity index (χ0v) is 14.7. The molecular weight excluding hydrogens is 338 g/mol. The number of hydrogen-bond donors (Lipinski definition) is 2. The molecule has 2 aromatic carbocycles. The number of hydrogen-bond acceptors (Lipinski definition) is 5. The Morgan fingerprint density at radius 1 is 1.07 bits per heavy atom. The lowest BCUT2D eigenvalue weighted by molar-refractivity contribution is 0.811. The SMILES string of the molecule is CCn1c2ccccc2c2nnc(N/N=C/c3c[nH]c4ccccc34)nc21. The van der Waals surface area contributed by atoms with Crippen LogP contribution in [0.25, 0.3) is 33.0 Å². The number of benzene rings is 2. The van der Waals surface area contributed by atoms with E-state index >= 15 is 0 Å². The molecule has 27 heavy (non-hydrogen) atoms. The molecule has 0 bridgehead atoms. The highest BCUT2D eigenvalue weighted by Crippen LogP contribution is 2.26. The minimum Gasteiger partial charge on any atom is -0.361 e. The first kappa shape index (κ1) is 15.5. The van der Waals surface area contributed by atoms with Gasteiger partial charge in [0.05, 0.1) is 11.7 Å². The third-order valence-corrected chi connectivity index (χ3v) is 4.68.